The first-order chi connectivity index (χ1) is 13.7. The Balaban J connectivity index is 1.78. The van der Waals surface area contributed by atoms with E-state index in [1.54, 1.807) is 30.3 Å². The lowest BCUT2D eigenvalue weighted by molar-refractivity contribution is -0.128. The third-order valence-electron chi connectivity index (χ3n) is 4.12. The van der Waals surface area contributed by atoms with Crippen LogP contribution >= 0.6 is 0 Å². The van der Waals surface area contributed by atoms with Gasteiger partial charge < -0.3 is 14.2 Å². The number of rotatable bonds is 12. The van der Waals surface area contributed by atoms with Gasteiger partial charge in [0.25, 0.3) is 0 Å². The van der Waals surface area contributed by atoms with Crippen molar-refractivity contribution in [3.8, 4) is 17.2 Å². The maximum absolute atomic E-state index is 12.0. The summed E-state index contributed by atoms with van der Waals surface area (Å²) in [6.07, 6.45) is 8.69. The maximum atomic E-state index is 12.0. The van der Waals surface area contributed by atoms with Gasteiger partial charge in [0.15, 0.2) is 0 Å². The number of hydrogen-bond donors (Lipinski definition) is 0. The van der Waals surface area contributed by atoms with Gasteiger partial charge in [-0.05, 0) is 60.9 Å². The summed E-state index contributed by atoms with van der Waals surface area (Å²) >= 11 is 0. The number of carbonyl (C=O) groups excluding carboxylic acids is 1. The predicted octanol–water partition coefficient (Wildman–Crippen LogP) is 6.05. The molecule has 0 bridgehead atoms. The lowest BCUT2D eigenvalue weighted by atomic mass is 10.2. The number of carbonyl (C=O) groups is 1. The predicted molar refractivity (Wildman–Crippen MR) is 113 cm³/mol. The molecule has 0 spiro atoms. The van der Waals surface area contributed by atoms with E-state index in [0.29, 0.717) is 12.4 Å². The molecule has 0 aliphatic rings. The fourth-order valence-corrected chi connectivity index (χ4v) is 2.47. The number of unbranched alkanes of at least 4 members (excludes halogenated alkanes) is 3. The van der Waals surface area contributed by atoms with Crippen molar-refractivity contribution in [1.29, 1.82) is 0 Å². The summed E-state index contributed by atoms with van der Waals surface area (Å²) in [4.78, 5) is 12.0. The van der Waals surface area contributed by atoms with Crippen LogP contribution in [0.25, 0.3) is 6.08 Å². The van der Waals surface area contributed by atoms with E-state index in [0.717, 1.165) is 42.9 Å². The summed E-state index contributed by atoms with van der Waals surface area (Å²) in [6, 6.07) is 14.7. The van der Waals surface area contributed by atoms with Crippen LogP contribution in [0.4, 0.5) is 0 Å². The Morgan fingerprint density at radius 2 is 1.29 bits per heavy atom. The van der Waals surface area contributed by atoms with E-state index in [-0.39, 0.29) is 0 Å². The van der Waals surface area contributed by atoms with Gasteiger partial charge >= 0.3 is 5.97 Å². The Labute approximate surface area is 168 Å². The molecule has 2 rings (SSSR count). The number of ether oxygens (including phenoxy) is 3. The summed E-state index contributed by atoms with van der Waals surface area (Å²) in [5.41, 5.74) is 0.914. The van der Waals surface area contributed by atoms with Crippen molar-refractivity contribution in [3.05, 3.63) is 60.2 Å². The van der Waals surface area contributed by atoms with Gasteiger partial charge in [0.2, 0.25) is 0 Å². The second-order valence-corrected chi connectivity index (χ2v) is 6.55. The lowest BCUT2D eigenvalue weighted by Gasteiger charge is -2.06. The van der Waals surface area contributed by atoms with Crippen LogP contribution in [0, 0.1) is 0 Å². The van der Waals surface area contributed by atoms with Crippen molar-refractivity contribution in [2.24, 2.45) is 0 Å². The Kier molecular flexibility index (Phi) is 9.70. The molecule has 4 nitrogen and oxygen atoms in total. The van der Waals surface area contributed by atoms with Crippen LogP contribution in [0.15, 0.2) is 54.6 Å². The van der Waals surface area contributed by atoms with Crippen LogP contribution < -0.4 is 14.2 Å². The first kappa shape index (κ1) is 21.5. The van der Waals surface area contributed by atoms with Crippen LogP contribution in [-0.2, 0) is 4.79 Å². The topological polar surface area (TPSA) is 44.8 Å². The largest absolute Gasteiger partial charge is 0.494 e. The molecule has 0 atom stereocenters. The third-order valence-corrected chi connectivity index (χ3v) is 4.12. The zero-order valence-electron chi connectivity index (χ0n) is 16.9. The average Bonchev–Trinajstić information content (AvgIpc) is 2.72. The highest BCUT2D eigenvalue weighted by Gasteiger charge is 2.02. The molecular weight excluding hydrogens is 352 g/mol. The Bertz CT molecular complexity index is 717. The Morgan fingerprint density at radius 3 is 1.89 bits per heavy atom. The standard InChI is InChI=1S/C24H30O4/c1-3-5-7-19-27-21-11-8-20(9-12-21)10-17-24(25)28-23-15-13-22(14-16-23)26-18-6-4-2/h8-17H,3-7,18-19H2,1-2H3. The molecule has 0 unspecified atom stereocenters. The van der Waals surface area contributed by atoms with Gasteiger partial charge in [0, 0.05) is 6.08 Å². The van der Waals surface area contributed by atoms with E-state index in [1.165, 1.54) is 18.9 Å². The molecular formula is C24H30O4. The van der Waals surface area contributed by atoms with Crippen molar-refractivity contribution in [3.63, 3.8) is 0 Å². The molecule has 150 valence electrons. The van der Waals surface area contributed by atoms with Crippen LogP contribution in [0.3, 0.4) is 0 Å². The first-order valence-electron chi connectivity index (χ1n) is 10.1. The zero-order valence-corrected chi connectivity index (χ0v) is 16.9. The Morgan fingerprint density at radius 1 is 0.750 bits per heavy atom. The highest BCUT2D eigenvalue weighted by Crippen LogP contribution is 2.18. The van der Waals surface area contributed by atoms with Crippen molar-refractivity contribution < 1.29 is 19.0 Å². The molecule has 0 saturated carbocycles. The second-order valence-electron chi connectivity index (χ2n) is 6.55. The van der Waals surface area contributed by atoms with Crippen LogP contribution in [0.1, 0.15) is 51.5 Å². The molecule has 0 aromatic heterocycles. The molecule has 0 radical (unpaired) electrons. The lowest BCUT2D eigenvalue weighted by Crippen LogP contribution is -2.03. The molecule has 0 amide bonds. The van der Waals surface area contributed by atoms with Gasteiger partial charge in [-0.1, -0.05) is 45.2 Å². The van der Waals surface area contributed by atoms with Crippen LogP contribution in [-0.4, -0.2) is 19.2 Å². The van der Waals surface area contributed by atoms with E-state index in [4.69, 9.17) is 14.2 Å². The molecule has 28 heavy (non-hydrogen) atoms. The van der Waals surface area contributed by atoms with E-state index in [9.17, 15) is 4.79 Å². The molecule has 0 aliphatic heterocycles. The van der Waals surface area contributed by atoms with Gasteiger partial charge in [-0.2, -0.15) is 0 Å². The van der Waals surface area contributed by atoms with E-state index >= 15 is 0 Å². The normalized spacial score (nSPS) is 10.8. The van der Waals surface area contributed by atoms with Gasteiger partial charge in [-0.25, -0.2) is 4.79 Å². The fourth-order valence-electron chi connectivity index (χ4n) is 2.47. The van der Waals surface area contributed by atoms with Crippen molar-refractivity contribution in [2.75, 3.05) is 13.2 Å². The molecule has 2 aromatic rings. The highest BCUT2D eigenvalue weighted by molar-refractivity contribution is 5.88. The minimum Gasteiger partial charge on any atom is -0.494 e. The van der Waals surface area contributed by atoms with Crippen molar-refractivity contribution in [2.45, 2.75) is 46.0 Å². The fraction of sp³-hybridized carbons (Fsp3) is 0.375. The van der Waals surface area contributed by atoms with Crippen molar-refractivity contribution >= 4 is 12.0 Å². The minimum atomic E-state index is -0.417. The molecule has 4 heteroatoms. The van der Waals surface area contributed by atoms with Gasteiger partial charge in [0.05, 0.1) is 13.2 Å². The second kappa shape index (κ2) is 12.6. The van der Waals surface area contributed by atoms with E-state index < -0.39 is 5.97 Å². The highest BCUT2D eigenvalue weighted by atomic mass is 16.5. The summed E-state index contributed by atoms with van der Waals surface area (Å²) in [5, 5.41) is 0. The minimum absolute atomic E-state index is 0.417. The quantitative estimate of drug-likeness (QED) is 0.194. The third kappa shape index (κ3) is 8.30. The SMILES string of the molecule is CCCCCOc1ccc(C=CC(=O)Oc2ccc(OCCCC)cc2)cc1. The summed E-state index contributed by atoms with van der Waals surface area (Å²) in [5.74, 6) is 1.70. The molecule has 2 aromatic carbocycles. The van der Waals surface area contributed by atoms with Crippen LogP contribution in [0.5, 0.6) is 17.2 Å². The molecule has 0 fully saturated rings. The van der Waals surface area contributed by atoms with Crippen molar-refractivity contribution in [1.82, 2.24) is 0 Å². The number of hydrogen-bond acceptors (Lipinski definition) is 4. The smallest absolute Gasteiger partial charge is 0.336 e. The van der Waals surface area contributed by atoms with Gasteiger partial charge in [-0.15, -0.1) is 0 Å². The van der Waals surface area contributed by atoms with Gasteiger partial charge in [-0.3, -0.25) is 0 Å². The van der Waals surface area contributed by atoms with E-state index in [2.05, 4.69) is 13.8 Å². The Hall–Kier alpha value is -2.75. The average molecular weight is 383 g/mol. The number of benzene rings is 2. The van der Waals surface area contributed by atoms with E-state index in [1.807, 2.05) is 24.3 Å². The summed E-state index contributed by atoms with van der Waals surface area (Å²) < 4.78 is 16.6. The monoisotopic (exact) mass is 382 g/mol. The molecule has 0 saturated heterocycles. The van der Waals surface area contributed by atoms with Crippen LogP contribution in [0.2, 0.25) is 0 Å². The molecule has 0 heterocycles. The zero-order chi connectivity index (χ0) is 20.0. The molecule has 0 N–H and O–H groups in total. The molecule has 0 aliphatic carbocycles. The summed E-state index contributed by atoms with van der Waals surface area (Å²) in [7, 11) is 0. The summed E-state index contributed by atoms with van der Waals surface area (Å²) in [6.45, 7) is 5.72. The first-order valence-corrected chi connectivity index (χ1v) is 10.1. The number of esters is 1. The van der Waals surface area contributed by atoms with Gasteiger partial charge in [0.1, 0.15) is 17.2 Å². The maximum Gasteiger partial charge on any atom is 0.336 e.